The van der Waals surface area contributed by atoms with Gasteiger partial charge in [-0.3, -0.25) is 19.3 Å². The van der Waals surface area contributed by atoms with Gasteiger partial charge in [-0.1, -0.05) is 30.3 Å². The van der Waals surface area contributed by atoms with E-state index in [1.54, 1.807) is 31.4 Å². The smallest absolute Gasteiger partial charge is 0.248 e. The molecular weight excluding hydrogens is 480 g/mol. The van der Waals surface area contributed by atoms with E-state index in [0.29, 0.717) is 17.2 Å². The largest absolute Gasteiger partial charge is 0.497 e. The average Bonchev–Trinajstić information content (AvgIpc) is 3.63. The Labute approximate surface area is 221 Å². The molecule has 2 saturated carbocycles. The summed E-state index contributed by atoms with van der Waals surface area (Å²) in [6, 6.07) is 22.9. The van der Waals surface area contributed by atoms with Crippen LogP contribution in [0.3, 0.4) is 0 Å². The zero-order valence-corrected chi connectivity index (χ0v) is 21.2. The molecule has 6 rings (SSSR count). The number of ether oxygens (including phenoxy) is 2. The number of hydrogen-bond donors (Lipinski definition) is 1. The first-order valence-electron chi connectivity index (χ1n) is 13.2. The number of rotatable bonds is 8. The molecule has 7 heteroatoms. The monoisotopic (exact) mass is 510 g/mol. The number of nitrogens with zero attached hydrogens (tertiary/aromatic N) is 1. The summed E-state index contributed by atoms with van der Waals surface area (Å²) in [5, 5.41) is 2.93. The Morgan fingerprint density at radius 3 is 1.97 bits per heavy atom. The van der Waals surface area contributed by atoms with Crippen LogP contribution in [0.2, 0.25) is 0 Å². The molecule has 0 aromatic heterocycles. The van der Waals surface area contributed by atoms with Gasteiger partial charge >= 0.3 is 0 Å². The number of fused-ring (bicyclic) bond motifs is 5. The molecule has 3 amide bonds. The molecule has 0 unspecified atom stereocenters. The van der Waals surface area contributed by atoms with E-state index in [1.165, 1.54) is 4.90 Å². The minimum absolute atomic E-state index is 0.175. The Balaban J connectivity index is 1.20. The van der Waals surface area contributed by atoms with Gasteiger partial charge in [0.25, 0.3) is 0 Å². The molecule has 3 aliphatic rings. The molecule has 1 N–H and O–H groups in total. The fourth-order valence-corrected chi connectivity index (χ4v) is 6.49. The minimum atomic E-state index is -0.905. The molecule has 38 heavy (non-hydrogen) atoms. The highest BCUT2D eigenvalue weighted by Crippen LogP contribution is 2.56. The number of imide groups is 1. The predicted molar refractivity (Wildman–Crippen MR) is 142 cm³/mol. The van der Waals surface area contributed by atoms with Crippen molar-refractivity contribution in [3.05, 3.63) is 84.4 Å². The summed E-state index contributed by atoms with van der Waals surface area (Å²) in [7, 11) is 1.61. The molecule has 7 nitrogen and oxygen atoms in total. The topological polar surface area (TPSA) is 84.9 Å². The van der Waals surface area contributed by atoms with Crippen molar-refractivity contribution in [1.82, 2.24) is 4.90 Å². The second-order valence-corrected chi connectivity index (χ2v) is 10.4. The van der Waals surface area contributed by atoms with Gasteiger partial charge in [0, 0.05) is 12.1 Å². The maximum atomic E-state index is 13.6. The highest BCUT2D eigenvalue weighted by Gasteiger charge is 2.62. The van der Waals surface area contributed by atoms with Crippen LogP contribution in [0.25, 0.3) is 0 Å². The van der Waals surface area contributed by atoms with Gasteiger partial charge in [0.05, 0.1) is 18.9 Å². The van der Waals surface area contributed by atoms with Gasteiger partial charge in [0.1, 0.15) is 23.3 Å². The highest BCUT2D eigenvalue weighted by molar-refractivity contribution is 6.10. The first kappa shape index (κ1) is 24.2. The number of nitrogens with one attached hydrogen (secondary N) is 1. The maximum Gasteiger partial charge on any atom is 0.248 e. The van der Waals surface area contributed by atoms with E-state index in [4.69, 9.17) is 9.47 Å². The van der Waals surface area contributed by atoms with Crippen molar-refractivity contribution < 1.29 is 23.9 Å². The molecule has 2 bridgehead atoms. The van der Waals surface area contributed by atoms with E-state index in [0.717, 1.165) is 30.6 Å². The van der Waals surface area contributed by atoms with Crippen molar-refractivity contribution in [3.63, 3.8) is 0 Å². The molecule has 194 valence electrons. The van der Waals surface area contributed by atoms with E-state index in [-0.39, 0.29) is 47.8 Å². The van der Waals surface area contributed by atoms with Crippen LogP contribution >= 0.6 is 0 Å². The van der Waals surface area contributed by atoms with Gasteiger partial charge in [-0.25, -0.2) is 0 Å². The van der Waals surface area contributed by atoms with Crippen LogP contribution < -0.4 is 14.8 Å². The molecule has 2 aliphatic carbocycles. The lowest BCUT2D eigenvalue weighted by Gasteiger charge is -2.27. The summed E-state index contributed by atoms with van der Waals surface area (Å²) in [5.41, 5.74) is 1.46. The van der Waals surface area contributed by atoms with Gasteiger partial charge < -0.3 is 14.8 Å². The van der Waals surface area contributed by atoms with E-state index in [9.17, 15) is 14.4 Å². The second kappa shape index (κ2) is 9.97. The summed E-state index contributed by atoms with van der Waals surface area (Å²) in [6.07, 6.45) is 3.23. The Bertz CT molecular complexity index is 1310. The number of likely N-dealkylation sites (tertiary alicyclic amines) is 1. The predicted octanol–water partition coefficient (Wildman–Crippen LogP) is 5.07. The quantitative estimate of drug-likeness (QED) is 0.428. The number of carbonyl (C=O) groups is 3. The van der Waals surface area contributed by atoms with Crippen molar-refractivity contribution >= 4 is 23.4 Å². The van der Waals surface area contributed by atoms with Crippen molar-refractivity contribution in [2.24, 2.45) is 23.7 Å². The summed E-state index contributed by atoms with van der Waals surface area (Å²) < 4.78 is 11.0. The van der Waals surface area contributed by atoms with Crippen LogP contribution in [-0.4, -0.2) is 35.8 Å². The van der Waals surface area contributed by atoms with Gasteiger partial charge in [-0.2, -0.15) is 0 Å². The van der Waals surface area contributed by atoms with Crippen molar-refractivity contribution in [3.8, 4) is 17.2 Å². The molecule has 3 fully saturated rings. The van der Waals surface area contributed by atoms with Crippen LogP contribution in [-0.2, 0) is 20.8 Å². The van der Waals surface area contributed by atoms with Crippen LogP contribution in [0.5, 0.6) is 17.2 Å². The SMILES string of the molecule is COc1ccc(Oc2ccc(NC(=O)[C@H](Cc3ccccc3)N3C(=O)[C@H]4[C@@H]5CC[C@@H](C5)[C@@H]4C3=O)cc2)cc1. The van der Waals surface area contributed by atoms with Crippen LogP contribution in [0.1, 0.15) is 24.8 Å². The third kappa shape index (κ3) is 4.42. The zero-order chi connectivity index (χ0) is 26.2. The lowest BCUT2D eigenvalue weighted by molar-refractivity contribution is -0.147. The Morgan fingerprint density at radius 2 is 1.39 bits per heavy atom. The Morgan fingerprint density at radius 1 is 0.842 bits per heavy atom. The number of benzene rings is 3. The van der Waals surface area contributed by atoms with Crippen LogP contribution in [0.4, 0.5) is 5.69 Å². The Kier molecular flexibility index (Phi) is 6.35. The van der Waals surface area contributed by atoms with Gasteiger partial charge in [0.2, 0.25) is 17.7 Å². The van der Waals surface area contributed by atoms with Crippen molar-refractivity contribution in [2.75, 3.05) is 12.4 Å². The van der Waals surface area contributed by atoms with E-state index >= 15 is 0 Å². The fraction of sp³-hybridized carbons (Fsp3) is 0.323. The van der Waals surface area contributed by atoms with Crippen LogP contribution in [0.15, 0.2) is 78.9 Å². The molecule has 3 aromatic carbocycles. The van der Waals surface area contributed by atoms with E-state index in [1.807, 2.05) is 54.6 Å². The van der Waals surface area contributed by atoms with Crippen LogP contribution in [0, 0.1) is 23.7 Å². The number of amides is 3. The standard InChI is InChI=1S/C31H30N2O5/c1-37-23-13-15-25(16-14-23)38-24-11-9-22(10-12-24)32-29(34)26(17-19-5-3-2-4-6-19)33-30(35)27-20-7-8-21(18-20)28(27)31(33)36/h2-6,9-16,20-21,26-28H,7-8,17-18H2,1H3,(H,32,34)/t20-,21+,26-,27-,28-/m0/s1. The molecule has 5 atom stereocenters. The molecule has 1 heterocycles. The fourth-order valence-electron chi connectivity index (χ4n) is 6.49. The van der Waals surface area contributed by atoms with E-state index < -0.39 is 6.04 Å². The zero-order valence-electron chi connectivity index (χ0n) is 21.2. The highest BCUT2D eigenvalue weighted by atomic mass is 16.5. The first-order valence-corrected chi connectivity index (χ1v) is 13.2. The Hall–Kier alpha value is -4.13. The average molecular weight is 511 g/mol. The molecule has 1 aliphatic heterocycles. The lowest BCUT2D eigenvalue weighted by Crippen LogP contribution is -2.49. The van der Waals surface area contributed by atoms with Crippen molar-refractivity contribution in [2.45, 2.75) is 31.7 Å². The molecular formula is C31H30N2O5. The maximum absolute atomic E-state index is 13.6. The normalized spacial score (nSPS) is 24.3. The third-order valence-corrected chi connectivity index (χ3v) is 8.26. The minimum Gasteiger partial charge on any atom is -0.497 e. The second-order valence-electron chi connectivity index (χ2n) is 10.4. The van der Waals surface area contributed by atoms with Crippen molar-refractivity contribution in [1.29, 1.82) is 0 Å². The van der Waals surface area contributed by atoms with Gasteiger partial charge in [0.15, 0.2) is 0 Å². The van der Waals surface area contributed by atoms with Gasteiger partial charge in [-0.05, 0) is 85.2 Å². The molecule has 3 aromatic rings. The lowest BCUT2D eigenvalue weighted by atomic mass is 9.81. The van der Waals surface area contributed by atoms with E-state index in [2.05, 4.69) is 5.32 Å². The number of anilines is 1. The number of carbonyl (C=O) groups excluding carboxylic acids is 3. The third-order valence-electron chi connectivity index (χ3n) is 8.26. The number of hydrogen-bond acceptors (Lipinski definition) is 5. The summed E-state index contributed by atoms with van der Waals surface area (Å²) >= 11 is 0. The summed E-state index contributed by atoms with van der Waals surface area (Å²) in [4.78, 5) is 42.0. The van der Waals surface area contributed by atoms with Gasteiger partial charge in [-0.15, -0.1) is 0 Å². The summed E-state index contributed by atoms with van der Waals surface area (Å²) in [5.74, 6) is 1.31. The summed E-state index contributed by atoms with van der Waals surface area (Å²) in [6.45, 7) is 0. The number of methoxy groups -OCH3 is 1. The molecule has 0 radical (unpaired) electrons. The molecule has 1 saturated heterocycles. The molecule has 0 spiro atoms. The first-order chi connectivity index (χ1) is 18.5.